The maximum absolute atomic E-state index is 12.8. The van der Waals surface area contributed by atoms with Crippen molar-refractivity contribution in [3.8, 4) is 22.5 Å². The number of rotatable bonds is 11. The van der Waals surface area contributed by atoms with E-state index in [0.717, 1.165) is 93.3 Å². The first-order chi connectivity index (χ1) is 19.9. The molecule has 5 rings (SSSR count). The molecule has 1 N–H and O–H groups in total. The highest BCUT2D eigenvalue weighted by molar-refractivity contribution is 8.00. The summed E-state index contributed by atoms with van der Waals surface area (Å²) < 4.78 is 36.1. The molecule has 0 amide bonds. The van der Waals surface area contributed by atoms with Crippen LogP contribution >= 0.6 is 11.8 Å². The fourth-order valence-electron chi connectivity index (χ4n) is 5.55. The summed E-state index contributed by atoms with van der Waals surface area (Å²) in [5.74, 6) is 0. The predicted molar refractivity (Wildman–Crippen MR) is 168 cm³/mol. The van der Waals surface area contributed by atoms with Crippen LogP contribution in [0.2, 0.25) is 0 Å². The molecule has 41 heavy (non-hydrogen) atoms. The summed E-state index contributed by atoms with van der Waals surface area (Å²) >= 11 is 1.62. The number of hydrogen-bond donors (Lipinski definition) is 1. The summed E-state index contributed by atoms with van der Waals surface area (Å²) in [7, 11) is -4.41. The van der Waals surface area contributed by atoms with Crippen LogP contribution in [0.3, 0.4) is 0 Å². The molecule has 0 fully saturated rings. The molecule has 1 aliphatic rings. The first-order valence-corrected chi connectivity index (χ1v) is 16.8. The molecule has 0 bridgehead atoms. The highest BCUT2D eigenvalue weighted by Gasteiger charge is 2.37. The van der Waals surface area contributed by atoms with E-state index in [0.29, 0.717) is 0 Å². The van der Waals surface area contributed by atoms with Crippen molar-refractivity contribution in [2.45, 2.75) is 80.9 Å². The lowest BCUT2D eigenvalue weighted by Gasteiger charge is -2.38. The lowest BCUT2D eigenvalue weighted by molar-refractivity contribution is 0.464. The maximum atomic E-state index is 12.8. The third kappa shape index (κ3) is 6.05. The molecule has 1 unspecified atom stereocenters. The van der Waals surface area contributed by atoms with Crippen LogP contribution in [-0.4, -0.2) is 28.3 Å². The third-order valence-electron chi connectivity index (χ3n) is 7.56. The van der Waals surface area contributed by atoms with Crippen molar-refractivity contribution in [2.75, 3.05) is 4.90 Å². The zero-order chi connectivity index (χ0) is 29.0. The van der Waals surface area contributed by atoms with Gasteiger partial charge in [-0.1, -0.05) is 69.6 Å². The number of fused-ring (bicyclic) bond motifs is 2. The minimum atomic E-state index is -4.41. The zero-order valence-electron chi connectivity index (χ0n) is 23.9. The average Bonchev–Trinajstić information content (AvgIpc) is 2.98. The van der Waals surface area contributed by atoms with E-state index in [-0.39, 0.29) is 6.42 Å². The van der Waals surface area contributed by atoms with Gasteiger partial charge in [-0.15, -0.1) is 0 Å². The summed E-state index contributed by atoms with van der Waals surface area (Å²) in [6.45, 7) is 6.15. The molecule has 0 saturated carbocycles. The van der Waals surface area contributed by atoms with Crippen molar-refractivity contribution >= 4 is 33.3 Å². The number of nitrogens with zero attached hydrogens (tertiary/aromatic N) is 3. The van der Waals surface area contributed by atoms with E-state index in [4.69, 9.17) is 9.97 Å². The van der Waals surface area contributed by atoms with Gasteiger partial charge >= 0.3 is 0 Å². The van der Waals surface area contributed by atoms with E-state index in [2.05, 4.69) is 32.0 Å². The Morgan fingerprint density at radius 1 is 0.829 bits per heavy atom. The Kier molecular flexibility index (Phi) is 9.12. The Hall–Kier alpha value is -3.20. The van der Waals surface area contributed by atoms with E-state index in [1.54, 1.807) is 23.6 Å². The van der Waals surface area contributed by atoms with Crippen LogP contribution in [0.4, 0.5) is 11.4 Å². The van der Waals surface area contributed by atoms with Gasteiger partial charge in [-0.3, -0.25) is 14.5 Å². The first-order valence-electron chi connectivity index (χ1n) is 14.5. The van der Waals surface area contributed by atoms with Crippen LogP contribution in [0, 0.1) is 0 Å². The number of benzene rings is 2. The van der Waals surface area contributed by atoms with Crippen molar-refractivity contribution in [3.63, 3.8) is 0 Å². The molecule has 1 aliphatic heterocycles. The van der Waals surface area contributed by atoms with Gasteiger partial charge in [0.1, 0.15) is 0 Å². The van der Waals surface area contributed by atoms with Gasteiger partial charge in [0.15, 0.2) is 5.37 Å². The molecule has 0 aliphatic carbocycles. The Balaban J connectivity index is 1.83. The Morgan fingerprint density at radius 2 is 1.46 bits per heavy atom. The summed E-state index contributed by atoms with van der Waals surface area (Å²) in [5.41, 5.74) is 7.47. The van der Waals surface area contributed by atoms with Crippen LogP contribution in [0.5, 0.6) is 0 Å². The lowest BCUT2D eigenvalue weighted by Crippen LogP contribution is -2.38. The largest absolute Gasteiger partial charge is 0.320 e. The van der Waals surface area contributed by atoms with Crippen LogP contribution in [0.25, 0.3) is 22.5 Å². The Labute approximate surface area is 248 Å². The molecule has 2 aromatic carbocycles. The van der Waals surface area contributed by atoms with Crippen molar-refractivity contribution < 1.29 is 13.0 Å². The molecule has 214 valence electrons. The standard InChI is InChI=1S/C33H37N3O3S2/c1-4-7-13-23-15-11-19-34-31(23)25-21-26(32-24(14-8-5-2)16-12-20-35-32)33-28(22-25)36(30(6-3)41(37,38)39)27-17-9-10-18-29(27)40-33/h9-12,15-22,30H,4-8,13-14H2,1-3H3,(H,37,38,39). The maximum Gasteiger partial charge on any atom is 0.286 e. The number of pyridine rings is 2. The van der Waals surface area contributed by atoms with Gasteiger partial charge in [-0.05, 0) is 79.6 Å². The summed E-state index contributed by atoms with van der Waals surface area (Å²) in [6, 6.07) is 20.2. The quantitative estimate of drug-likeness (QED) is 0.176. The van der Waals surface area contributed by atoms with Crippen LogP contribution in [0.1, 0.15) is 64.0 Å². The van der Waals surface area contributed by atoms with E-state index >= 15 is 0 Å². The lowest BCUT2D eigenvalue weighted by atomic mass is 9.95. The van der Waals surface area contributed by atoms with Gasteiger partial charge in [0, 0.05) is 33.3 Å². The van der Waals surface area contributed by atoms with Gasteiger partial charge in [0.2, 0.25) is 0 Å². The van der Waals surface area contributed by atoms with Gasteiger partial charge in [0.05, 0.1) is 22.8 Å². The summed E-state index contributed by atoms with van der Waals surface area (Å²) in [6.07, 6.45) is 9.90. The van der Waals surface area contributed by atoms with E-state index < -0.39 is 15.5 Å². The second kappa shape index (κ2) is 12.8. The molecule has 1 atom stereocenters. The Bertz CT molecular complexity index is 1640. The van der Waals surface area contributed by atoms with Gasteiger partial charge in [0.25, 0.3) is 10.1 Å². The second-order valence-electron chi connectivity index (χ2n) is 10.4. The third-order valence-corrected chi connectivity index (χ3v) is 9.99. The van der Waals surface area contributed by atoms with Crippen LogP contribution in [-0.2, 0) is 23.0 Å². The molecule has 4 aromatic rings. The minimum Gasteiger partial charge on any atom is -0.320 e. The van der Waals surface area contributed by atoms with Gasteiger partial charge in [-0.25, -0.2) is 0 Å². The van der Waals surface area contributed by atoms with E-state index in [1.165, 1.54) is 0 Å². The number of hydrogen-bond acceptors (Lipinski definition) is 6. The molecule has 0 spiro atoms. The number of unbranched alkanes of at least 4 members (excludes halogenated alkanes) is 2. The number of aromatic nitrogens is 2. The number of para-hydroxylation sites is 1. The van der Waals surface area contributed by atoms with Crippen LogP contribution < -0.4 is 4.90 Å². The fraction of sp³-hybridized carbons (Fsp3) is 0.333. The van der Waals surface area contributed by atoms with E-state index in [9.17, 15) is 13.0 Å². The second-order valence-corrected chi connectivity index (χ2v) is 13.0. The molecule has 2 aromatic heterocycles. The smallest absolute Gasteiger partial charge is 0.286 e. The highest BCUT2D eigenvalue weighted by Crippen LogP contribution is 2.54. The molecular weight excluding hydrogens is 551 g/mol. The summed E-state index contributed by atoms with van der Waals surface area (Å²) in [5, 5.41) is -1.14. The average molecular weight is 588 g/mol. The minimum absolute atomic E-state index is 0.216. The van der Waals surface area contributed by atoms with Crippen molar-refractivity contribution in [2.24, 2.45) is 0 Å². The SMILES string of the molecule is CCCCc1cccnc1-c1cc(-c2ncccc2CCCC)c2c(c1)N(C(CC)S(=O)(=O)O)c1ccccc1S2. The fourth-order valence-corrected chi connectivity index (χ4v) is 7.63. The van der Waals surface area contributed by atoms with Crippen molar-refractivity contribution in [3.05, 3.63) is 84.2 Å². The number of anilines is 2. The zero-order valence-corrected chi connectivity index (χ0v) is 25.5. The van der Waals surface area contributed by atoms with Gasteiger partial charge < -0.3 is 4.90 Å². The Morgan fingerprint density at radius 3 is 2.10 bits per heavy atom. The number of aryl methyl sites for hydroxylation is 2. The molecule has 8 heteroatoms. The first kappa shape index (κ1) is 29.3. The normalized spacial score (nSPS) is 13.5. The predicted octanol–water partition coefficient (Wildman–Crippen LogP) is 8.72. The van der Waals surface area contributed by atoms with E-state index in [1.807, 2.05) is 54.9 Å². The topological polar surface area (TPSA) is 83.4 Å². The van der Waals surface area contributed by atoms with Crippen molar-refractivity contribution in [1.29, 1.82) is 0 Å². The van der Waals surface area contributed by atoms with Crippen molar-refractivity contribution in [1.82, 2.24) is 9.97 Å². The molecule has 6 nitrogen and oxygen atoms in total. The highest BCUT2D eigenvalue weighted by atomic mass is 32.2. The molecular formula is C33H37N3O3S2. The summed E-state index contributed by atoms with van der Waals surface area (Å²) in [4.78, 5) is 13.4. The molecule has 3 heterocycles. The monoisotopic (exact) mass is 587 g/mol. The molecule has 0 radical (unpaired) electrons. The van der Waals surface area contributed by atoms with Gasteiger partial charge in [-0.2, -0.15) is 8.42 Å². The molecule has 0 saturated heterocycles. The van der Waals surface area contributed by atoms with Crippen LogP contribution in [0.15, 0.2) is 82.8 Å².